The fraction of sp³-hybridized carbons (Fsp3) is 0.571. The van der Waals surface area contributed by atoms with Crippen LogP contribution in [0.5, 0.6) is 5.75 Å². The van der Waals surface area contributed by atoms with Gasteiger partial charge in [-0.05, 0) is 50.0 Å². The van der Waals surface area contributed by atoms with Gasteiger partial charge in [-0.1, -0.05) is 0 Å². The molecule has 0 spiro atoms. The summed E-state index contributed by atoms with van der Waals surface area (Å²) in [5.41, 5.74) is 0.772. The van der Waals surface area contributed by atoms with E-state index in [0.29, 0.717) is 11.7 Å². The summed E-state index contributed by atoms with van der Waals surface area (Å²) in [6.07, 6.45) is 2.15. The highest BCUT2D eigenvalue weighted by molar-refractivity contribution is 5.37. The number of rotatable bonds is 4. The van der Waals surface area contributed by atoms with E-state index in [4.69, 9.17) is 4.74 Å². The van der Waals surface area contributed by atoms with E-state index in [1.165, 1.54) is 12.1 Å². The van der Waals surface area contributed by atoms with E-state index in [1.54, 1.807) is 13.2 Å². The Bertz CT molecular complexity index is 391. The van der Waals surface area contributed by atoms with Gasteiger partial charge in [-0.15, -0.1) is 0 Å². The van der Waals surface area contributed by atoms with Crippen molar-refractivity contribution in [3.8, 4) is 5.75 Å². The summed E-state index contributed by atoms with van der Waals surface area (Å²) in [7, 11) is 1.57. The van der Waals surface area contributed by atoms with Gasteiger partial charge >= 0.3 is 0 Å². The van der Waals surface area contributed by atoms with Crippen LogP contribution in [-0.4, -0.2) is 31.9 Å². The maximum atomic E-state index is 13.4. The summed E-state index contributed by atoms with van der Waals surface area (Å²) in [6, 6.07) is 4.49. The molecule has 0 bridgehead atoms. The van der Waals surface area contributed by atoms with Gasteiger partial charge in [0.05, 0.1) is 13.7 Å². The van der Waals surface area contributed by atoms with Crippen LogP contribution < -0.4 is 10.1 Å². The molecule has 100 valence electrons. The molecule has 0 aliphatic carbocycles. The normalized spacial score (nSPS) is 21.6. The molecule has 18 heavy (non-hydrogen) atoms. The molecule has 4 heteroatoms. The lowest BCUT2D eigenvalue weighted by molar-refractivity contribution is 0.200. The average molecular weight is 253 g/mol. The first-order chi connectivity index (χ1) is 8.76. The summed E-state index contributed by atoms with van der Waals surface area (Å²) in [6.45, 7) is 1.91. The van der Waals surface area contributed by atoms with Gasteiger partial charge in [-0.3, -0.25) is 0 Å². The molecule has 1 heterocycles. The second kappa shape index (κ2) is 6.16. The number of aliphatic hydroxyl groups is 1. The van der Waals surface area contributed by atoms with Crippen molar-refractivity contribution in [1.82, 2.24) is 5.32 Å². The number of hydrogen-bond donors (Lipinski definition) is 2. The SMILES string of the molecule is COc1ccc(F)cc1C(CO)C1CCCNC1. The van der Waals surface area contributed by atoms with Gasteiger partial charge in [-0.2, -0.15) is 0 Å². The molecular formula is C14H20FNO2. The molecule has 1 aromatic rings. The van der Waals surface area contributed by atoms with Gasteiger partial charge in [0.25, 0.3) is 0 Å². The average Bonchev–Trinajstić information content (AvgIpc) is 2.41. The van der Waals surface area contributed by atoms with Crippen LogP contribution in [0.15, 0.2) is 18.2 Å². The van der Waals surface area contributed by atoms with Crippen LogP contribution in [0.25, 0.3) is 0 Å². The fourth-order valence-corrected chi connectivity index (χ4v) is 2.72. The zero-order chi connectivity index (χ0) is 13.0. The minimum atomic E-state index is -0.284. The standard InChI is InChI=1S/C14H20FNO2/c1-18-14-5-4-11(15)7-12(14)13(9-17)10-3-2-6-16-8-10/h4-5,7,10,13,16-17H,2-3,6,8-9H2,1H3. The molecule has 1 aliphatic rings. The Kier molecular flexibility index (Phi) is 4.55. The predicted octanol–water partition coefficient (Wildman–Crippen LogP) is 1.91. The number of hydrogen-bond acceptors (Lipinski definition) is 3. The predicted molar refractivity (Wildman–Crippen MR) is 68.4 cm³/mol. The molecule has 0 aromatic heterocycles. The zero-order valence-corrected chi connectivity index (χ0v) is 10.7. The van der Waals surface area contributed by atoms with Crippen molar-refractivity contribution in [2.24, 2.45) is 5.92 Å². The van der Waals surface area contributed by atoms with Crippen molar-refractivity contribution in [2.75, 3.05) is 26.8 Å². The lowest BCUT2D eigenvalue weighted by atomic mass is 9.81. The van der Waals surface area contributed by atoms with Crippen molar-refractivity contribution in [3.63, 3.8) is 0 Å². The molecule has 1 aromatic carbocycles. The van der Waals surface area contributed by atoms with Gasteiger partial charge in [0.15, 0.2) is 0 Å². The molecule has 0 amide bonds. The highest BCUT2D eigenvalue weighted by Crippen LogP contribution is 2.35. The van der Waals surface area contributed by atoms with Gasteiger partial charge < -0.3 is 15.2 Å². The number of benzene rings is 1. The Hall–Kier alpha value is -1.13. The molecule has 1 aliphatic heterocycles. The zero-order valence-electron chi connectivity index (χ0n) is 10.7. The summed E-state index contributed by atoms with van der Waals surface area (Å²) in [5, 5.41) is 13.0. The van der Waals surface area contributed by atoms with E-state index in [1.807, 2.05) is 0 Å². The molecule has 1 fully saturated rings. The maximum absolute atomic E-state index is 13.4. The molecule has 2 N–H and O–H groups in total. The summed E-state index contributed by atoms with van der Waals surface area (Å²) in [5.74, 6) is 0.636. The highest BCUT2D eigenvalue weighted by Gasteiger charge is 2.27. The van der Waals surface area contributed by atoms with Crippen LogP contribution in [-0.2, 0) is 0 Å². The number of ether oxygens (including phenoxy) is 1. The maximum Gasteiger partial charge on any atom is 0.123 e. The van der Waals surface area contributed by atoms with Gasteiger partial charge in [-0.25, -0.2) is 4.39 Å². The first kappa shape index (κ1) is 13.3. The molecule has 3 nitrogen and oxygen atoms in total. The lowest BCUT2D eigenvalue weighted by Gasteiger charge is -2.30. The largest absolute Gasteiger partial charge is 0.496 e. The third-order valence-electron chi connectivity index (χ3n) is 3.69. The van der Waals surface area contributed by atoms with E-state index >= 15 is 0 Å². The summed E-state index contributed by atoms with van der Waals surface area (Å²) in [4.78, 5) is 0. The van der Waals surface area contributed by atoms with Crippen molar-refractivity contribution in [3.05, 3.63) is 29.6 Å². The Balaban J connectivity index is 2.27. The number of piperidine rings is 1. The Labute approximate surface area is 107 Å². The van der Waals surface area contributed by atoms with E-state index in [2.05, 4.69) is 5.32 Å². The third-order valence-corrected chi connectivity index (χ3v) is 3.69. The molecule has 2 rings (SSSR count). The van der Waals surface area contributed by atoms with E-state index in [9.17, 15) is 9.50 Å². The lowest BCUT2D eigenvalue weighted by Crippen LogP contribution is -2.34. The molecule has 2 atom stereocenters. The van der Waals surface area contributed by atoms with Crippen LogP contribution in [0.1, 0.15) is 24.3 Å². The van der Waals surface area contributed by atoms with Crippen molar-refractivity contribution >= 4 is 0 Å². The van der Waals surface area contributed by atoms with Gasteiger partial charge in [0.2, 0.25) is 0 Å². The van der Waals surface area contributed by atoms with Crippen molar-refractivity contribution in [2.45, 2.75) is 18.8 Å². The van der Waals surface area contributed by atoms with Crippen LogP contribution >= 0.6 is 0 Å². The van der Waals surface area contributed by atoms with Crippen molar-refractivity contribution in [1.29, 1.82) is 0 Å². The molecule has 0 saturated carbocycles. The third kappa shape index (κ3) is 2.82. The Morgan fingerprint density at radius 3 is 3.00 bits per heavy atom. The van der Waals surface area contributed by atoms with Crippen LogP contribution in [0.3, 0.4) is 0 Å². The first-order valence-corrected chi connectivity index (χ1v) is 6.41. The second-order valence-corrected chi connectivity index (χ2v) is 4.78. The van der Waals surface area contributed by atoms with E-state index in [-0.39, 0.29) is 18.3 Å². The van der Waals surface area contributed by atoms with E-state index in [0.717, 1.165) is 31.5 Å². The van der Waals surface area contributed by atoms with Crippen LogP contribution in [0.4, 0.5) is 4.39 Å². The topological polar surface area (TPSA) is 41.5 Å². The number of aliphatic hydroxyl groups excluding tert-OH is 1. The minimum Gasteiger partial charge on any atom is -0.496 e. The smallest absolute Gasteiger partial charge is 0.123 e. The van der Waals surface area contributed by atoms with Crippen LogP contribution in [0.2, 0.25) is 0 Å². The molecule has 2 unspecified atom stereocenters. The Morgan fingerprint density at radius 1 is 1.56 bits per heavy atom. The van der Waals surface area contributed by atoms with Gasteiger partial charge in [0.1, 0.15) is 11.6 Å². The minimum absolute atomic E-state index is 0.0200. The molecule has 0 radical (unpaired) electrons. The van der Waals surface area contributed by atoms with Gasteiger partial charge in [0, 0.05) is 11.5 Å². The molecule has 1 saturated heterocycles. The molecular weight excluding hydrogens is 233 g/mol. The van der Waals surface area contributed by atoms with Crippen LogP contribution in [0, 0.1) is 11.7 Å². The Morgan fingerprint density at radius 2 is 2.39 bits per heavy atom. The summed E-state index contributed by atoms with van der Waals surface area (Å²) >= 11 is 0. The summed E-state index contributed by atoms with van der Waals surface area (Å²) < 4.78 is 18.7. The first-order valence-electron chi connectivity index (χ1n) is 6.41. The number of halogens is 1. The number of methoxy groups -OCH3 is 1. The number of nitrogens with one attached hydrogen (secondary N) is 1. The highest BCUT2D eigenvalue weighted by atomic mass is 19.1. The van der Waals surface area contributed by atoms with E-state index < -0.39 is 0 Å². The quantitative estimate of drug-likeness (QED) is 0.861. The van der Waals surface area contributed by atoms with Crippen molar-refractivity contribution < 1.29 is 14.2 Å². The monoisotopic (exact) mass is 253 g/mol. The fourth-order valence-electron chi connectivity index (χ4n) is 2.72. The second-order valence-electron chi connectivity index (χ2n) is 4.78.